The van der Waals surface area contributed by atoms with Crippen molar-refractivity contribution in [1.82, 2.24) is 14.5 Å². The van der Waals surface area contributed by atoms with E-state index in [0.717, 1.165) is 11.5 Å². The summed E-state index contributed by atoms with van der Waals surface area (Å²) >= 11 is 3.46. The van der Waals surface area contributed by atoms with Gasteiger partial charge in [0.25, 0.3) is 0 Å². The van der Waals surface area contributed by atoms with E-state index < -0.39 is 10.0 Å². The first-order valence-electron chi connectivity index (χ1n) is 10.1. The van der Waals surface area contributed by atoms with Gasteiger partial charge < -0.3 is 19.7 Å². The molecule has 11 heteroatoms. The molecule has 0 spiro atoms. The number of carbonyl (C=O) groups excluding carboxylic acids is 1. The molecule has 0 bridgehead atoms. The molecule has 8 nitrogen and oxygen atoms in total. The second kappa shape index (κ2) is 10.1. The van der Waals surface area contributed by atoms with E-state index in [1.54, 1.807) is 34.1 Å². The predicted molar refractivity (Wildman–Crippen MR) is 122 cm³/mol. The number of nitrogens with zero attached hydrogens (tertiary/aromatic N) is 2. The van der Waals surface area contributed by atoms with Crippen molar-refractivity contribution in [3.63, 3.8) is 0 Å². The van der Waals surface area contributed by atoms with Gasteiger partial charge in [-0.05, 0) is 34.5 Å². The summed E-state index contributed by atoms with van der Waals surface area (Å²) in [4.78, 5) is 14.2. The number of thioether (sulfide) groups is 1. The molecule has 4 rings (SSSR count). The number of urea groups is 1. The molecule has 1 fully saturated rings. The van der Waals surface area contributed by atoms with Gasteiger partial charge in [-0.3, -0.25) is 0 Å². The third-order valence-electron chi connectivity index (χ3n) is 5.05. The maximum absolute atomic E-state index is 13.0. The summed E-state index contributed by atoms with van der Waals surface area (Å²) < 4.78 is 38.4. The number of fused-ring (bicyclic) bond motifs is 1. The largest absolute Gasteiger partial charge is 0.486 e. The number of thiophene rings is 1. The van der Waals surface area contributed by atoms with Gasteiger partial charge in [0, 0.05) is 50.3 Å². The van der Waals surface area contributed by atoms with Crippen LogP contribution in [0.5, 0.6) is 11.5 Å². The van der Waals surface area contributed by atoms with Gasteiger partial charge in [0.15, 0.2) is 11.5 Å². The van der Waals surface area contributed by atoms with Crippen molar-refractivity contribution >= 4 is 39.2 Å². The van der Waals surface area contributed by atoms with Crippen molar-refractivity contribution in [2.75, 3.05) is 51.7 Å². The quantitative estimate of drug-likeness (QED) is 0.609. The minimum absolute atomic E-state index is 0.146. The van der Waals surface area contributed by atoms with Crippen LogP contribution in [-0.2, 0) is 15.8 Å². The molecule has 0 aliphatic carbocycles. The van der Waals surface area contributed by atoms with E-state index in [1.807, 2.05) is 0 Å². The normalized spacial score (nSPS) is 16.8. The van der Waals surface area contributed by atoms with Gasteiger partial charge in [0.05, 0.1) is 4.90 Å². The fourth-order valence-electron chi connectivity index (χ4n) is 3.37. The number of amides is 2. The minimum atomic E-state index is -3.65. The number of hydrogen-bond donors (Lipinski definition) is 1. The number of piperazine rings is 1. The van der Waals surface area contributed by atoms with Gasteiger partial charge >= 0.3 is 6.03 Å². The first-order valence-corrected chi connectivity index (χ1v) is 13.6. The first kappa shape index (κ1) is 22.3. The average molecular weight is 484 g/mol. The first-order chi connectivity index (χ1) is 15.0. The summed E-state index contributed by atoms with van der Waals surface area (Å²) in [5.74, 6) is 2.78. The highest BCUT2D eigenvalue weighted by Gasteiger charge is 2.31. The number of benzene rings is 1. The molecule has 2 aliphatic heterocycles. The summed E-state index contributed by atoms with van der Waals surface area (Å²) in [6, 6.07) is 6.63. The lowest BCUT2D eigenvalue weighted by Crippen LogP contribution is -2.53. The van der Waals surface area contributed by atoms with Crippen LogP contribution < -0.4 is 14.8 Å². The molecule has 2 aromatic rings. The van der Waals surface area contributed by atoms with Gasteiger partial charge in [-0.25, -0.2) is 13.2 Å². The van der Waals surface area contributed by atoms with E-state index in [9.17, 15) is 13.2 Å². The van der Waals surface area contributed by atoms with Gasteiger partial charge in [-0.15, -0.1) is 0 Å². The van der Waals surface area contributed by atoms with Crippen LogP contribution in [0, 0.1) is 0 Å². The number of carbonyl (C=O) groups is 1. The number of sulfonamides is 1. The van der Waals surface area contributed by atoms with E-state index in [2.05, 4.69) is 22.1 Å². The molecule has 1 aromatic heterocycles. The van der Waals surface area contributed by atoms with Crippen molar-refractivity contribution in [1.29, 1.82) is 0 Å². The van der Waals surface area contributed by atoms with Crippen molar-refractivity contribution in [3.05, 3.63) is 40.6 Å². The monoisotopic (exact) mass is 483 g/mol. The maximum atomic E-state index is 13.0. The summed E-state index contributed by atoms with van der Waals surface area (Å²) in [5, 5.41) is 7.11. The van der Waals surface area contributed by atoms with Crippen LogP contribution in [0.15, 0.2) is 39.9 Å². The van der Waals surface area contributed by atoms with E-state index in [4.69, 9.17) is 9.47 Å². The molecule has 1 saturated heterocycles. The number of rotatable bonds is 7. The number of ether oxygens (including phenoxy) is 2. The Bertz CT molecular complexity index is 989. The summed E-state index contributed by atoms with van der Waals surface area (Å²) in [5.41, 5.74) is 1.30. The van der Waals surface area contributed by atoms with E-state index >= 15 is 0 Å². The Kier molecular flexibility index (Phi) is 7.26. The Morgan fingerprint density at radius 1 is 1.10 bits per heavy atom. The Labute approximate surface area is 190 Å². The molecule has 0 unspecified atom stereocenters. The summed E-state index contributed by atoms with van der Waals surface area (Å²) in [6.45, 7) is 2.68. The molecule has 2 aliphatic rings. The van der Waals surface area contributed by atoms with Crippen LogP contribution in [0.1, 0.15) is 5.56 Å². The molecule has 2 amide bonds. The summed E-state index contributed by atoms with van der Waals surface area (Å²) in [7, 11) is -3.65. The molecule has 0 saturated carbocycles. The Hall–Kier alpha value is -1.95. The molecule has 1 N–H and O–H groups in total. The Morgan fingerprint density at radius 3 is 2.61 bits per heavy atom. The molecule has 0 radical (unpaired) electrons. The van der Waals surface area contributed by atoms with E-state index in [-0.39, 0.29) is 24.0 Å². The van der Waals surface area contributed by atoms with Crippen LogP contribution >= 0.6 is 23.1 Å². The number of hydrogen-bond acceptors (Lipinski definition) is 7. The fourth-order valence-corrected chi connectivity index (χ4v) is 6.39. The zero-order valence-electron chi connectivity index (χ0n) is 17.0. The van der Waals surface area contributed by atoms with Crippen molar-refractivity contribution in [3.8, 4) is 11.5 Å². The fraction of sp³-hybridized carbons (Fsp3) is 0.450. The Balaban J connectivity index is 1.23. The topological polar surface area (TPSA) is 88.2 Å². The molecule has 0 atom stereocenters. The molecular formula is C20H25N3O5S3. The summed E-state index contributed by atoms with van der Waals surface area (Å²) in [6.07, 6.45) is 0. The minimum Gasteiger partial charge on any atom is -0.486 e. The second-order valence-electron chi connectivity index (χ2n) is 7.11. The van der Waals surface area contributed by atoms with E-state index in [1.165, 1.54) is 22.0 Å². The highest BCUT2D eigenvalue weighted by atomic mass is 32.2. The lowest BCUT2D eigenvalue weighted by Gasteiger charge is -2.34. The second-order valence-corrected chi connectivity index (χ2v) is 10.9. The van der Waals surface area contributed by atoms with Crippen molar-refractivity contribution in [2.45, 2.75) is 10.6 Å². The molecular weight excluding hydrogens is 458 g/mol. The van der Waals surface area contributed by atoms with Crippen molar-refractivity contribution in [2.24, 2.45) is 0 Å². The lowest BCUT2D eigenvalue weighted by molar-refractivity contribution is 0.170. The molecule has 3 heterocycles. The average Bonchev–Trinajstić information content (AvgIpc) is 3.32. The molecule has 168 valence electrons. The highest BCUT2D eigenvalue weighted by Crippen LogP contribution is 2.33. The van der Waals surface area contributed by atoms with Crippen molar-refractivity contribution < 1.29 is 22.7 Å². The van der Waals surface area contributed by atoms with E-state index in [0.29, 0.717) is 44.3 Å². The van der Waals surface area contributed by atoms with Crippen LogP contribution in [0.2, 0.25) is 0 Å². The van der Waals surface area contributed by atoms with Crippen LogP contribution in [0.4, 0.5) is 4.79 Å². The van der Waals surface area contributed by atoms with Crippen LogP contribution in [0.25, 0.3) is 0 Å². The third kappa shape index (κ3) is 5.46. The third-order valence-corrected chi connectivity index (χ3v) is 8.71. The molecule has 31 heavy (non-hydrogen) atoms. The lowest BCUT2D eigenvalue weighted by atomic mass is 10.3. The zero-order chi connectivity index (χ0) is 21.7. The smallest absolute Gasteiger partial charge is 0.317 e. The van der Waals surface area contributed by atoms with Crippen LogP contribution in [0.3, 0.4) is 0 Å². The van der Waals surface area contributed by atoms with Gasteiger partial charge in [0.2, 0.25) is 10.0 Å². The van der Waals surface area contributed by atoms with Crippen LogP contribution in [-0.4, -0.2) is 75.3 Å². The maximum Gasteiger partial charge on any atom is 0.317 e. The highest BCUT2D eigenvalue weighted by molar-refractivity contribution is 7.98. The standard InChI is InChI=1S/C20H25N3O5S3/c24-20(21-4-12-30-15-16-3-11-29-14-16)22-5-7-23(8-6-22)31(25,26)17-1-2-18-19(13-17)28-10-9-27-18/h1-3,11,13-14H,4-10,12,15H2,(H,21,24). The zero-order valence-corrected chi connectivity index (χ0v) is 19.4. The SMILES string of the molecule is O=C(NCCSCc1ccsc1)N1CCN(S(=O)(=O)c2ccc3c(c2)OCCO3)CC1. The number of nitrogens with one attached hydrogen (secondary N) is 1. The van der Waals surface area contributed by atoms with Gasteiger partial charge in [0.1, 0.15) is 13.2 Å². The molecule has 1 aromatic carbocycles. The van der Waals surface area contributed by atoms with Gasteiger partial charge in [-0.1, -0.05) is 0 Å². The van der Waals surface area contributed by atoms with Gasteiger partial charge in [-0.2, -0.15) is 27.4 Å². The predicted octanol–water partition coefficient (Wildman–Crippen LogP) is 2.47. The Morgan fingerprint density at radius 2 is 1.87 bits per heavy atom.